The van der Waals surface area contributed by atoms with E-state index in [1.54, 1.807) is 13.0 Å². The first kappa shape index (κ1) is 19.6. The van der Waals surface area contributed by atoms with Crippen LogP contribution in [0.4, 0.5) is 4.39 Å². The molecule has 0 aliphatic rings. The van der Waals surface area contributed by atoms with Gasteiger partial charge in [-0.3, -0.25) is 0 Å². The van der Waals surface area contributed by atoms with Crippen molar-refractivity contribution in [1.82, 2.24) is 4.98 Å². The summed E-state index contributed by atoms with van der Waals surface area (Å²) in [5.74, 6) is -2.04. The number of aliphatic carboxylic acids is 1. The van der Waals surface area contributed by atoms with E-state index in [1.165, 1.54) is 12.1 Å². The first-order valence-electron chi connectivity index (χ1n) is 8.43. The second kappa shape index (κ2) is 8.27. The third-order valence-electron chi connectivity index (χ3n) is 4.23. The molecule has 7 heteroatoms. The van der Waals surface area contributed by atoms with Crippen LogP contribution in [-0.2, 0) is 11.2 Å². The summed E-state index contributed by atoms with van der Waals surface area (Å²) in [5.41, 5.74) is 2.55. The lowest BCUT2D eigenvalue weighted by molar-refractivity contribution is -0.139. The van der Waals surface area contributed by atoms with Gasteiger partial charge in [-0.1, -0.05) is 41.9 Å². The largest absolute Gasteiger partial charge is 0.506 e. The molecule has 144 valence electrons. The van der Waals surface area contributed by atoms with Crippen molar-refractivity contribution in [2.45, 2.75) is 13.3 Å². The number of rotatable bonds is 6. The summed E-state index contributed by atoms with van der Waals surface area (Å²) in [6.07, 6.45) is 0.237. The molecule has 0 radical (unpaired) electrons. The third-order valence-corrected chi connectivity index (χ3v) is 4.57. The van der Waals surface area contributed by atoms with Gasteiger partial charge in [-0.2, -0.15) is 0 Å². The molecule has 0 fully saturated rings. The number of carboxylic acids is 1. The fraction of sp³-hybridized carbons (Fsp3) is 0.143. The number of carboxylic acid groups (broad SMARTS) is 1. The SMILES string of the molecule is Cc1c(F)c(OCC(=O)O)cc(Cl)c1Cc1ccc(O)c(-c2ccccc2)n1. The normalized spacial score (nSPS) is 10.7. The van der Waals surface area contributed by atoms with Crippen LogP contribution in [0, 0.1) is 12.7 Å². The zero-order chi connectivity index (χ0) is 20.3. The second-order valence-electron chi connectivity index (χ2n) is 6.17. The Balaban J connectivity index is 1.94. The summed E-state index contributed by atoms with van der Waals surface area (Å²) in [6, 6.07) is 13.7. The van der Waals surface area contributed by atoms with Gasteiger partial charge in [0.05, 0.1) is 0 Å². The predicted octanol–water partition coefficient (Wildman–Crippen LogP) is 4.61. The number of carbonyl (C=O) groups is 1. The molecule has 0 aliphatic carbocycles. The average Bonchev–Trinajstić information content (AvgIpc) is 2.68. The van der Waals surface area contributed by atoms with Gasteiger partial charge < -0.3 is 14.9 Å². The molecule has 0 amide bonds. The number of hydrogen-bond donors (Lipinski definition) is 2. The van der Waals surface area contributed by atoms with E-state index in [9.17, 15) is 14.3 Å². The summed E-state index contributed by atoms with van der Waals surface area (Å²) in [4.78, 5) is 15.1. The number of pyridine rings is 1. The van der Waals surface area contributed by atoms with Crippen LogP contribution < -0.4 is 4.74 Å². The molecule has 0 unspecified atom stereocenters. The van der Waals surface area contributed by atoms with Crippen LogP contribution in [0.2, 0.25) is 5.02 Å². The lowest BCUT2D eigenvalue weighted by Gasteiger charge is -2.14. The maximum absolute atomic E-state index is 14.6. The van der Waals surface area contributed by atoms with Gasteiger partial charge >= 0.3 is 5.97 Å². The summed E-state index contributed by atoms with van der Waals surface area (Å²) >= 11 is 6.29. The molecule has 1 aromatic heterocycles. The first-order chi connectivity index (χ1) is 13.4. The van der Waals surface area contributed by atoms with Gasteiger partial charge in [0.1, 0.15) is 11.4 Å². The minimum absolute atomic E-state index is 0.0429. The molecule has 2 N–H and O–H groups in total. The van der Waals surface area contributed by atoms with E-state index in [2.05, 4.69) is 4.98 Å². The van der Waals surface area contributed by atoms with E-state index in [4.69, 9.17) is 21.4 Å². The Morgan fingerprint density at radius 1 is 1.21 bits per heavy atom. The van der Waals surface area contributed by atoms with Crippen LogP contribution in [0.5, 0.6) is 11.5 Å². The molecule has 0 atom stereocenters. The molecule has 0 saturated carbocycles. The lowest BCUT2D eigenvalue weighted by atomic mass is 10.0. The van der Waals surface area contributed by atoms with Crippen molar-refractivity contribution in [3.8, 4) is 22.8 Å². The fourth-order valence-electron chi connectivity index (χ4n) is 2.80. The van der Waals surface area contributed by atoms with Crippen LogP contribution in [-0.4, -0.2) is 27.8 Å². The van der Waals surface area contributed by atoms with Gasteiger partial charge in [0.15, 0.2) is 18.2 Å². The van der Waals surface area contributed by atoms with Crippen molar-refractivity contribution in [3.05, 3.63) is 76.2 Å². The van der Waals surface area contributed by atoms with Gasteiger partial charge in [0.25, 0.3) is 0 Å². The Morgan fingerprint density at radius 3 is 2.61 bits per heavy atom. The molecule has 3 aromatic rings. The maximum atomic E-state index is 14.6. The summed E-state index contributed by atoms with van der Waals surface area (Å²) in [5, 5.41) is 19.1. The van der Waals surface area contributed by atoms with Gasteiger partial charge in [-0.15, -0.1) is 0 Å². The topological polar surface area (TPSA) is 79.7 Å². The van der Waals surface area contributed by atoms with E-state index in [0.717, 1.165) is 5.56 Å². The van der Waals surface area contributed by atoms with E-state index < -0.39 is 18.4 Å². The summed E-state index contributed by atoms with van der Waals surface area (Å²) in [6.45, 7) is 0.884. The number of hydrogen-bond acceptors (Lipinski definition) is 4. The quantitative estimate of drug-likeness (QED) is 0.630. The minimum Gasteiger partial charge on any atom is -0.506 e. The minimum atomic E-state index is -1.21. The Bertz CT molecular complexity index is 1020. The van der Waals surface area contributed by atoms with Crippen molar-refractivity contribution in [2.24, 2.45) is 0 Å². The molecule has 3 rings (SSSR count). The van der Waals surface area contributed by atoms with E-state index in [1.807, 2.05) is 30.3 Å². The standard InChI is InChI=1S/C21H17ClFNO4/c1-12-15(16(22)10-18(20(12)23)28-11-19(26)27)9-14-7-8-17(25)21(24-14)13-5-3-2-4-6-13/h2-8,10,25H,9,11H2,1H3,(H,26,27). The first-order valence-corrected chi connectivity index (χ1v) is 8.81. The highest BCUT2D eigenvalue weighted by Gasteiger charge is 2.18. The third kappa shape index (κ3) is 4.23. The van der Waals surface area contributed by atoms with Gasteiger partial charge in [-0.25, -0.2) is 14.2 Å². The Labute approximate surface area is 166 Å². The number of halogens is 2. The molecular formula is C21H17ClFNO4. The zero-order valence-corrected chi connectivity index (χ0v) is 15.7. The number of aromatic hydroxyl groups is 1. The van der Waals surface area contributed by atoms with Crippen LogP contribution in [0.1, 0.15) is 16.8 Å². The zero-order valence-electron chi connectivity index (χ0n) is 14.9. The molecule has 28 heavy (non-hydrogen) atoms. The number of benzene rings is 2. The lowest BCUT2D eigenvalue weighted by Crippen LogP contribution is -2.11. The van der Waals surface area contributed by atoms with E-state index >= 15 is 0 Å². The van der Waals surface area contributed by atoms with Gasteiger partial charge in [0.2, 0.25) is 0 Å². The van der Waals surface area contributed by atoms with Gasteiger partial charge in [0, 0.05) is 28.8 Å². The molecule has 0 spiro atoms. The summed E-state index contributed by atoms with van der Waals surface area (Å²) < 4.78 is 19.5. The number of ether oxygens (including phenoxy) is 1. The summed E-state index contributed by atoms with van der Waals surface area (Å²) in [7, 11) is 0. The van der Waals surface area contributed by atoms with Crippen LogP contribution >= 0.6 is 11.6 Å². The van der Waals surface area contributed by atoms with Crippen molar-refractivity contribution < 1.29 is 24.1 Å². The molecule has 1 heterocycles. The highest BCUT2D eigenvalue weighted by atomic mass is 35.5. The number of aromatic nitrogens is 1. The smallest absolute Gasteiger partial charge is 0.341 e. The molecule has 0 aliphatic heterocycles. The van der Waals surface area contributed by atoms with Crippen molar-refractivity contribution >= 4 is 17.6 Å². The predicted molar refractivity (Wildman–Crippen MR) is 103 cm³/mol. The fourth-order valence-corrected chi connectivity index (χ4v) is 3.11. The van der Waals surface area contributed by atoms with Crippen LogP contribution in [0.3, 0.4) is 0 Å². The average molecular weight is 402 g/mol. The van der Waals surface area contributed by atoms with Crippen LogP contribution in [0.25, 0.3) is 11.3 Å². The monoisotopic (exact) mass is 401 g/mol. The van der Waals surface area contributed by atoms with Crippen molar-refractivity contribution in [2.75, 3.05) is 6.61 Å². The molecule has 0 saturated heterocycles. The van der Waals surface area contributed by atoms with Crippen molar-refractivity contribution in [3.63, 3.8) is 0 Å². The Kier molecular flexibility index (Phi) is 5.80. The van der Waals surface area contributed by atoms with Crippen LogP contribution in [0.15, 0.2) is 48.5 Å². The van der Waals surface area contributed by atoms with Crippen molar-refractivity contribution in [1.29, 1.82) is 0 Å². The van der Waals surface area contributed by atoms with E-state index in [0.29, 0.717) is 17.0 Å². The van der Waals surface area contributed by atoms with E-state index in [-0.39, 0.29) is 28.5 Å². The molecule has 0 bridgehead atoms. The van der Waals surface area contributed by atoms with Gasteiger partial charge in [-0.05, 0) is 30.2 Å². The molecule has 5 nitrogen and oxygen atoms in total. The molecular weight excluding hydrogens is 385 g/mol. The second-order valence-corrected chi connectivity index (χ2v) is 6.58. The Hall–Kier alpha value is -3.12. The highest BCUT2D eigenvalue weighted by molar-refractivity contribution is 6.31. The maximum Gasteiger partial charge on any atom is 0.341 e. The number of nitrogens with zero attached hydrogens (tertiary/aromatic N) is 1. The molecule has 2 aromatic carbocycles. The highest BCUT2D eigenvalue weighted by Crippen LogP contribution is 2.33. The Morgan fingerprint density at radius 2 is 1.93 bits per heavy atom.